The second-order valence-electron chi connectivity index (χ2n) is 13.9. The summed E-state index contributed by atoms with van der Waals surface area (Å²) in [6.45, 7) is 8.31. The van der Waals surface area contributed by atoms with Crippen molar-refractivity contribution in [3.63, 3.8) is 0 Å². The number of ether oxygens (including phenoxy) is 2. The van der Waals surface area contributed by atoms with E-state index in [4.69, 9.17) is 13.9 Å². The Kier molecular flexibility index (Phi) is 9.02. The molecule has 8 atom stereocenters. The summed E-state index contributed by atoms with van der Waals surface area (Å²) in [5.41, 5.74) is -3.60. The number of rotatable bonds is 7. The SMILES string of the molecule is CC1CC2C3CCC4=CC(=O)C=CC4(C)C3C(O)CC2(C)C1(OC(=O)c1ccco1)C(=O)SCC#CCOC(=O)CC(C)(C)F. The molecule has 0 aliphatic heterocycles. The van der Waals surface area contributed by atoms with E-state index in [1.54, 1.807) is 18.2 Å². The zero-order valence-corrected chi connectivity index (χ0v) is 27.2. The molecule has 0 aromatic carbocycles. The van der Waals surface area contributed by atoms with E-state index in [1.807, 2.05) is 19.9 Å². The molecule has 1 heterocycles. The van der Waals surface area contributed by atoms with Crippen molar-refractivity contribution in [1.82, 2.24) is 0 Å². The summed E-state index contributed by atoms with van der Waals surface area (Å²) >= 11 is 0.927. The summed E-state index contributed by atoms with van der Waals surface area (Å²) in [7, 11) is 0. The van der Waals surface area contributed by atoms with Gasteiger partial charge in [0.2, 0.25) is 10.9 Å². The first-order chi connectivity index (χ1) is 21.1. The van der Waals surface area contributed by atoms with Gasteiger partial charge in [-0.15, -0.1) is 0 Å². The van der Waals surface area contributed by atoms with E-state index in [-0.39, 0.29) is 65.5 Å². The van der Waals surface area contributed by atoms with Crippen molar-refractivity contribution >= 4 is 34.6 Å². The third-order valence-electron chi connectivity index (χ3n) is 10.6. The van der Waals surface area contributed by atoms with Gasteiger partial charge in [0.05, 0.1) is 24.5 Å². The number of aliphatic hydroxyl groups is 1. The molecule has 10 heteroatoms. The van der Waals surface area contributed by atoms with Crippen LogP contribution in [0.1, 0.15) is 77.3 Å². The third kappa shape index (κ3) is 5.94. The van der Waals surface area contributed by atoms with Gasteiger partial charge in [-0.3, -0.25) is 14.4 Å². The summed E-state index contributed by atoms with van der Waals surface area (Å²) in [6.07, 6.45) is 7.71. The lowest BCUT2D eigenvalue weighted by Gasteiger charge is -2.59. The molecule has 45 heavy (non-hydrogen) atoms. The molecule has 8 unspecified atom stereocenters. The van der Waals surface area contributed by atoms with E-state index in [1.165, 1.54) is 26.2 Å². The monoisotopic (exact) mass is 640 g/mol. The van der Waals surface area contributed by atoms with E-state index < -0.39 is 40.1 Å². The average molecular weight is 641 g/mol. The molecular formula is C35H41FO8S. The van der Waals surface area contributed by atoms with Crippen molar-refractivity contribution in [2.24, 2.45) is 34.5 Å². The van der Waals surface area contributed by atoms with Crippen LogP contribution in [0.15, 0.2) is 46.6 Å². The number of alkyl halides is 1. The largest absolute Gasteiger partial charge is 0.457 e. The Hall–Kier alpha value is -3.16. The highest BCUT2D eigenvalue weighted by Crippen LogP contribution is 2.69. The number of hydrogen-bond donors (Lipinski definition) is 1. The highest BCUT2D eigenvalue weighted by atomic mass is 32.2. The predicted molar refractivity (Wildman–Crippen MR) is 165 cm³/mol. The van der Waals surface area contributed by atoms with Gasteiger partial charge in [-0.25, -0.2) is 9.18 Å². The van der Waals surface area contributed by atoms with E-state index in [2.05, 4.69) is 18.8 Å². The van der Waals surface area contributed by atoms with Crippen molar-refractivity contribution in [1.29, 1.82) is 0 Å². The van der Waals surface area contributed by atoms with Crippen LogP contribution in [0, 0.1) is 46.3 Å². The smallest absolute Gasteiger partial charge is 0.375 e. The number of thioether (sulfide) groups is 1. The van der Waals surface area contributed by atoms with Gasteiger partial charge in [0.1, 0.15) is 5.67 Å². The lowest BCUT2D eigenvalue weighted by Crippen LogP contribution is -2.63. The number of aliphatic hydroxyl groups excluding tert-OH is 1. The average Bonchev–Trinajstić information content (AvgIpc) is 3.56. The second kappa shape index (κ2) is 12.2. The van der Waals surface area contributed by atoms with E-state index in [9.17, 15) is 28.7 Å². The minimum Gasteiger partial charge on any atom is -0.457 e. The quantitative estimate of drug-likeness (QED) is 0.298. The molecule has 4 aliphatic carbocycles. The Morgan fingerprint density at radius 3 is 2.69 bits per heavy atom. The van der Waals surface area contributed by atoms with Crippen molar-refractivity contribution in [2.45, 2.75) is 84.1 Å². The fourth-order valence-corrected chi connectivity index (χ4v) is 9.75. The first kappa shape index (κ1) is 33.2. The topological polar surface area (TPSA) is 120 Å². The molecule has 0 saturated heterocycles. The summed E-state index contributed by atoms with van der Waals surface area (Å²) in [4.78, 5) is 51.8. The molecule has 0 amide bonds. The predicted octanol–water partition coefficient (Wildman–Crippen LogP) is 5.64. The van der Waals surface area contributed by atoms with Crippen molar-refractivity contribution in [3.05, 3.63) is 48.0 Å². The standard InChI is InChI=1S/C35H41FO8S/c1-21-17-25-24-11-10-22-18-23(37)12-13-33(22,4)29(24)26(38)19-34(25,5)35(21,44-30(40)27-9-8-15-42-27)31(41)45-16-7-6-14-43-28(39)20-32(2,3)36/h8-9,12-13,15,18,21,24-26,29,38H,10-11,14,16-17,19-20H2,1-5H3. The Balaban J connectivity index is 1.41. The number of esters is 2. The Labute approximate surface area is 267 Å². The summed E-state index contributed by atoms with van der Waals surface area (Å²) in [6, 6.07) is 3.06. The molecule has 0 radical (unpaired) electrons. The fourth-order valence-electron chi connectivity index (χ4n) is 8.75. The van der Waals surface area contributed by atoms with Gasteiger partial charge in [-0.1, -0.05) is 56.0 Å². The highest BCUT2D eigenvalue weighted by molar-refractivity contribution is 8.14. The lowest BCUT2D eigenvalue weighted by atomic mass is 9.46. The van der Waals surface area contributed by atoms with Gasteiger partial charge in [0.15, 0.2) is 18.0 Å². The highest BCUT2D eigenvalue weighted by Gasteiger charge is 2.73. The number of furan rings is 1. The molecule has 1 N–H and O–H groups in total. The van der Waals surface area contributed by atoms with Gasteiger partial charge in [-0.05, 0) is 75.7 Å². The Morgan fingerprint density at radius 1 is 1.24 bits per heavy atom. The first-order valence-electron chi connectivity index (χ1n) is 15.5. The fraction of sp³-hybridized carbons (Fsp3) is 0.600. The number of allylic oxidation sites excluding steroid dienone is 4. The van der Waals surface area contributed by atoms with E-state index in [0.29, 0.717) is 12.8 Å². The Bertz CT molecular complexity index is 1480. The lowest BCUT2D eigenvalue weighted by molar-refractivity contribution is -0.176. The normalized spacial score (nSPS) is 35.2. The number of ketones is 1. The van der Waals surface area contributed by atoms with E-state index in [0.717, 1.165) is 23.8 Å². The zero-order valence-electron chi connectivity index (χ0n) is 26.4. The molecule has 0 bridgehead atoms. The molecule has 8 nitrogen and oxygen atoms in total. The van der Waals surface area contributed by atoms with Crippen LogP contribution < -0.4 is 0 Å². The van der Waals surface area contributed by atoms with Crippen LogP contribution in [-0.2, 0) is 23.9 Å². The second-order valence-corrected chi connectivity index (χ2v) is 14.9. The first-order valence-corrected chi connectivity index (χ1v) is 16.5. The summed E-state index contributed by atoms with van der Waals surface area (Å²) in [5, 5.41) is 11.5. The number of carbonyl (C=O) groups excluding carboxylic acids is 4. The van der Waals surface area contributed by atoms with E-state index >= 15 is 0 Å². The maximum atomic E-state index is 14.4. The van der Waals surface area contributed by atoms with Crippen molar-refractivity contribution < 1.29 is 42.6 Å². The van der Waals surface area contributed by atoms with Crippen molar-refractivity contribution in [2.75, 3.05) is 12.4 Å². The number of hydrogen-bond acceptors (Lipinski definition) is 9. The molecule has 3 saturated carbocycles. The molecule has 3 fully saturated rings. The van der Waals surface area contributed by atoms with Crippen LogP contribution >= 0.6 is 11.8 Å². The van der Waals surface area contributed by atoms with Crippen LogP contribution in [0.5, 0.6) is 0 Å². The summed E-state index contributed by atoms with van der Waals surface area (Å²) < 4.78 is 30.3. The van der Waals surface area contributed by atoms with Gasteiger partial charge in [-0.2, -0.15) is 0 Å². The molecule has 1 aromatic rings. The number of halogens is 1. The molecular weight excluding hydrogens is 599 g/mol. The number of fused-ring (bicyclic) bond motifs is 5. The van der Waals surface area contributed by atoms with Crippen LogP contribution in [-0.4, -0.2) is 57.7 Å². The maximum absolute atomic E-state index is 14.4. The summed E-state index contributed by atoms with van der Waals surface area (Å²) in [5.74, 6) is 3.53. The number of carbonyl (C=O) groups is 4. The molecule has 242 valence electrons. The van der Waals surface area contributed by atoms with Crippen LogP contribution in [0.4, 0.5) is 4.39 Å². The van der Waals surface area contributed by atoms with Gasteiger partial charge in [0, 0.05) is 22.7 Å². The van der Waals surface area contributed by atoms with Crippen LogP contribution in [0.25, 0.3) is 0 Å². The van der Waals surface area contributed by atoms with Gasteiger partial charge in [0.25, 0.3) is 0 Å². The van der Waals surface area contributed by atoms with Gasteiger partial charge < -0.3 is 19.0 Å². The molecule has 1 aromatic heterocycles. The zero-order chi connectivity index (χ0) is 32.8. The molecule has 5 rings (SSSR count). The Morgan fingerprint density at radius 2 is 2.00 bits per heavy atom. The van der Waals surface area contributed by atoms with Crippen LogP contribution in [0.2, 0.25) is 0 Å². The van der Waals surface area contributed by atoms with Crippen molar-refractivity contribution in [3.8, 4) is 11.8 Å². The molecule has 0 spiro atoms. The minimum absolute atomic E-state index is 0.0179. The maximum Gasteiger partial charge on any atom is 0.375 e. The minimum atomic E-state index is -1.69. The third-order valence-corrected chi connectivity index (χ3v) is 11.4. The van der Waals surface area contributed by atoms with Crippen LogP contribution in [0.3, 0.4) is 0 Å². The molecule has 4 aliphatic rings. The van der Waals surface area contributed by atoms with Gasteiger partial charge >= 0.3 is 11.9 Å².